The van der Waals surface area contributed by atoms with Gasteiger partial charge in [0.15, 0.2) is 0 Å². The average Bonchev–Trinajstić information content (AvgIpc) is 1.88. The maximum absolute atomic E-state index is 5.48. The summed E-state index contributed by atoms with van der Waals surface area (Å²) in [4.78, 5) is 0. The molecule has 1 unspecified atom stereocenters. The Morgan fingerprint density at radius 1 is 1.60 bits per heavy atom. The van der Waals surface area contributed by atoms with E-state index in [4.69, 9.17) is 4.74 Å². The van der Waals surface area contributed by atoms with Crippen LogP contribution in [0.5, 0.6) is 0 Å². The standard InChI is InChI=1S/C8H17NO/c1-7(2)5-8-3-4-9-6-10-8/h7-9H,3-6H2,1-2H3. The van der Waals surface area contributed by atoms with Crippen LogP contribution in [-0.2, 0) is 4.74 Å². The highest BCUT2D eigenvalue weighted by atomic mass is 16.5. The second kappa shape index (κ2) is 3.94. The summed E-state index contributed by atoms with van der Waals surface area (Å²) in [5, 5.41) is 3.17. The molecule has 0 aliphatic carbocycles. The van der Waals surface area contributed by atoms with Crippen LogP contribution in [0.1, 0.15) is 26.7 Å². The van der Waals surface area contributed by atoms with Crippen LogP contribution in [0.2, 0.25) is 0 Å². The molecule has 10 heavy (non-hydrogen) atoms. The predicted molar refractivity (Wildman–Crippen MR) is 41.8 cm³/mol. The largest absolute Gasteiger partial charge is 0.363 e. The normalized spacial score (nSPS) is 27.3. The number of nitrogens with one attached hydrogen (secondary N) is 1. The van der Waals surface area contributed by atoms with Crippen LogP contribution in [-0.4, -0.2) is 19.4 Å². The lowest BCUT2D eigenvalue weighted by Gasteiger charge is -2.24. The van der Waals surface area contributed by atoms with E-state index in [0.29, 0.717) is 6.10 Å². The van der Waals surface area contributed by atoms with Crippen molar-refractivity contribution in [2.45, 2.75) is 32.8 Å². The zero-order chi connectivity index (χ0) is 7.40. The zero-order valence-corrected chi connectivity index (χ0v) is 6.89. The van der Waals surface area contributed by atoms with Crippen LogP contribution < -0.4 is 5.32 Å². The Morgan fingerprint density at radius 3 is 2.90 bits per heavy atom. The van der Waals surface area contributed by atoms with Gasteiger partial charge in [-0.05, 0) is 25.3 Å². The van der Waals surface area contributed by atoms with E-state index >= 15 is 0 Å². The van der Waals surface area contributed by atoms with E-state index in [1.165, 1.54) is 12.8 Å². The van der Waals surface area contributed by atoms with Crippen LogP contribution >= 0.6 is 0 Å². The Kier molecular flexibility index (Phi) is 3.16. The predicted octanol–water partition coefficient (Wildman–Crippen LogP) is 1.37. The Morgan fingerprint density at radius 2 is 2.40 bits per heavy atom. The topological polar surface area (TPSA) is 21.3 Å². The van der Waals surface area contributed by atoms with Crippen LogP contribution in [0, 0.1) is 5.92 Å². The van der Waals surface area contributed by atoms with E-state index in [2.05, 4.69) is 19.2 Å². The molecular formula is C8H17NO. The second-order valence-electron chi connectivity index (χ2n) is 3.35. The summed E-state index contributed by atoms with van der Waals surface area (Å²) in [5.41, 5.74) is 0. The number of hydrogen-bond acceptors (Lipinski definition) is 2. The lowest BCUT2D eigenvalue weighted by Crippen LogP contribution is -2.34. The SMILES string of the molecule is CC(C)CC1CCNCO1. The lowest BCUT2D eigenvalue weighted by atomic mass is 10.0. The molecule has 0 aromatic heterocycles. The second-order valence-corrected chi connectivity index (χ2v) is 3.35. The van der Waals surface area contributed by atoms with Crippen molar-refractivity contribution < 1.29 is 4.74 Å². The summed E-state index contributed by atoms with van der Waals surface area (Å²) in [6.45, 7) is 6.35. The van der Waals surface area contributed by atoms with E-state index in [0.717, 1.165) is 19.2 Å². The van der Waals surface area contributed by atoms with Gasteiger partial charge in [-0.15, -0.1) is 0 Å². The minimum absolute atomic E-state index is 0.515. The molecule has 1 saturated heterocycles. The molecule has 0 saturated carbocycles. The quantitative estimate of drug-likeness (QED) is 0.630. The molecule has 0 bridgehead atoms. The van der Waals surface area contributed by atoms with Gasteiger partial charge in [0, 0.05) is 0 Å². The van der Waals surface area contributed by atoms with Gasteiger partial charge in [0.25, 0.3) is 0 Å². The van der Waals surface area contributed by atoms with Crippen molar-refractivity contribution in [3.8, 4) is 0 Å². The van der Waals surface area contributed by atoms with E-state index in [1.54, 1.807) is 0 Å². The molecule has 0 aromatic rings. The first-order valence-electron chi connectivity index (χ1n) is 4.11. The van der Waals surface area contributed by atoms with Crippen molar-refractivity contribution in [1.29, 1.82) is 0 Å². The molecule has 1 aliphatic rings. The number of rotatable bonds is 2. The summed E-state index contributed by atoms with van der Waals surface area (Å²) in [5.74, 6) is 0.767. The summed E-state index contributed by atoms with van der Waals surface area (Å²) < 4.78 is 5.48. The van der Waals surface area contributed by atoms with E-state index in [9.17, 15) is 0 Å². The monoisotopic (exact) mass is 143 g/mol. The van der Waals surface area contributed by atoms with Crippen molar-refractivity contribution in [2.75, 3.05) is 13.3 Å². The third-order valence-electron chi connectivity index (χ3n) is 1.80. The number of ether oxygens (including phenoxy) is 1. The molecule has 1 fully saturated rings. The molecule has 1 aliphatic heterocycles. The van der Waals surface area contributed by atoms with Gasteiger partial charge in [0.05, 0.1) is 12.8 Å². The Balaban J connectivity index is 2.13. The molecule has 60 valence electrons. The first-order valence-corrected chi connectivity index (χ1v) is 4.11. The smallest absolute Gasteiger partial charge is 0.0969 e. The van der Waals surface area contributed by atoms with Gasteiger partial charge in [-0.2, -0.15) is 0 Å². The van der Waals surface area contributed by atoms with Crippen molar-refractivity contribution in [2.24, 2.45) is 5.92 Å². The highest BCUT2D eigenvalue weighted by Crippen LogP contribution is 2.12. The highest BCUT2D eigenvalue weighted by molar-refractivity contribution is 4.65. The molecule has 0 spiro atoms. The summed E-state index contributed by atoms with van der Waals surface area (Å²) >= 11 is 0. The molecule has 0 amide bonds. The first-order chi connectivity index (χ1) is 4.79. The Hall–Kier alpha value is -0.0800. The van der Waals surface area contributed by atoms with Gasteiger partial charge in [-0.1, -0.05) is 13.8 Å². The fraction of sp³-hybridized carbons (Fsp3) is 1.00. The van der Waals surface area contributed by atoms with Gasteiger partial charge in [-0.3, -0.25) is 5.32 Å². The van der Waals surface area contributed by atoms with Gasteiger partial charge in [0.2, 0.25) is 0 Å². The third kappa shape index (κ3) is 2.67. The summed E-state index contributed by atoms with van der Waals surface area (Å²) in [6.07, 6.45) is 2.90. The van der Waals surface area contributed by atoms with Gasteiger partial charge >= 0.3 is 0 Å². The summed E-state index contributed by atoms with van der Waals surface area (Å²) in [7, 11) is 0. The molecule has 2 nitrogen and oxygen atoms in total. The van der Waals surface area contributed by atoms with Gasteiger partial charge in [0.1, 0.15) is 0 Å². The minimum Gasteiger partial charge on any atom is -0.363 e. The zero-order valence-electron chi connectivity index (χ0n) is 6.89. The first kappa shape index (κ1) is 8.02. The van der Waals surface area contributed by atoms with Gasteiger partial charge in [-0.25, -0.2) is 0 Å². The van der Waals surface area contributed by atoms with E-state index in [1.807, 2.05) is 0 Å². The van der Waals surface area contributed by atoms with Crippen LogP contribution in [0.4, 0.5) is 0 Å². The molecule has 1 heterocycles. The fourth-order valence-corrected chi connectivity index (χ4v) is 1.31. The fourth-order valence-electron chi connectivity index (χ4n) is 1.31. The van der Waals surface area contributed by atoms with Crippen molar-refractivity contribution in [1.82, 2.24) is 5.32 Å². The molecular weight excluding hydrogens is 126 g/mol. The number of hydrogen-bond donors (Lipinski definition) is 1. The molecule has 2 heteroatoms. The molecule has 1 N–H and O–H groups in total. The van der Waals surface area contributed by atoms with E-state index < -0.39 is 0 Å². The van der Waals surface area contributed by atoms with Crippen LogP contribution in [0.25, 0.3) is 0 Å². The maximum Gasteiger partial charge on any atom is 0.0969 e. The summed E-state index contributed by atoms with van der Waals surface area (Å²) in [6, 6.07) is 0. The maximum atomic E-state index is 5.48. The van der Waals surface area contributed by atoms with Crippen LogP contribution in [0.15, 0.2) is 0 Å². The van der Waals surface area contributed by atoms with Crippen molar-refractivity contribution in [3.63, 3.8) is 0 Å². The third-order valence-corrected chi connectivity index (χ3v) is 1.80. The van der Waals surface area contributed by atoms with E-state index in [-0.39, 0.29) is 0 Å². The lowest BCUT2D eigenvalue weighted by molar-refractivity contribution is -0.00385. The molecule has 1 rings (SSSR count). The molecule has 0 aromatic carbocycles. The molecule has 0 radical (unpaired) electrons. The van der Waals surface area contributed by atoms with Crippen molar-refractivity contribution in [3.05, 3.63) is 0 Å². The van der Waals surface area contributed by atoms with Crippen LogP contribution in [0.3, 0.4) is 0 Å². The van der Waals surface area contributed by atoms with Gasteiger partial charge < -0.3 is 4.74 Å². The Bertz CT molecular complexity index is 87.3. The highest BCUT2D eigenvalue weighted by Gasteiger charge is 2.13. The minimum atomic E-state index is 0.515. The molecule has 1 atom stereocenters. The average molecular weight is 143 g/mol. The Labute approximate surface area is 63.0 Å². The van der Waals surface area contributed by atoms with Crippen molar-refractivity contribution >= 4 is 0 Å².